The fraction of sp³-hybridized carbons (Fsp3) is 0.438. The number of hydrogen-bond donors (Lipinski definition) is 1. The molecular weight excluding hydrogens is 270 g/mol. The van der Waals surface area contributed by atoms with E-state index in [2.05, 4.69) is 6.92 Å². The first-order chi connectivity index (χ1) is 9.99. The number of carbonyl (C=O) groups excluding carboxylic acids is 2. The molecule has 1 saturated heterocycles. The largest absolute Gasteiger partial charge is 0.478 e. The van der Waals surface area contributed by atoms with E-state index in [1.165, 1.54) is 29.2 Å². The molecule has 1 saturated carbocycles. The predicted octanol–water partition coefficient (Wildman–Crippen LogP) is 2.31. The zero-order valence-corrected chi connectivity index (χ0v) is 11.8. The Balaban J connectivity index is 1.90. The van der Waals surface area contributed by atoms with E-state index < -0.39 is 5.97 Å². The summed E-state index contributed by atoms with van der Waals surface area (Å²) in [6, 6.07) is 5.89. The second-order valence-corrected chi connectivity index (χ2v) is 6.00. The molecule has 0 aromatic heterocycles. The zero-order chi connectivity index (χ0) is 15.1. The van der Waals surface area contributed by atoms with E-state index in [0.717, 1.165) is 19.3 Å². The molecule has 5 nitrogen and oxygen atoms in total. The molecule has 0 spiro atoms. The molecule has 2 amide bonds. The minimum absolute atomic E-state index is 0.139. The van der Waals surface area contributed by atoms with Gasteiger partial charge in [-0.1, -0.05) is 6.92 Å². The predicted molar refractivity (Wildman–Crippen MR) is 75.9 cm³/mol. The van der Waals surface area contributed by atoms with Crippen LogP contribution in [0, 0.1) is 17.8 Å². The average Bonchev–Trinajstić information content (AvgIpc) is 2.70. The maximum atomic E-state index is 12.5. The number of carboxylic acids is 1. The Morgan fingerprint density at radius 2 is 1.71 bits per heavy atom. The van der Waals surface area contributed by atoms with Crippen LogP contribution in [0.15, 0.2) is 24.3 Å². The van der Waals surface area contributed by atoms with Crippen LogP contribution in [0.5, 0.6) is 0 Å². The number of nitrogens with zero attached hydrogens (tertiary/aromatic N) is 1. The number of aromatic carboxylic acids is 1. The third kappa shape index (κ3) is 2.22. The second kappa shape index (κ2) is 4.98. The lowest BCUT2D eigenvalue weighted by atomic mass is 9.76. The van der Waals surface area contributed by atoms with Crippen molar-refractivity contribution in [1.29, 1.82) is 0 Å². The highest BCUT2D eigenvalue weighted by Gasteiger charge is 2.49. The molecule has 1 aromatic carbocycles. The lowest BCUT2D eigenvalue weighted by molar-refractivity contribution is -0.122. The van der Waals surface area contributed by atoms with Crippen molar-refractivity contribution in [3.8, 4) is 0 Å². The van der Waals surface area contributed by atoms with E-state index in [1.54, 1.807) is 0 Å². The molecule has 0 radical (unpaired) electrons. The number of benzene rings is 1. The molecular formula is C16H17NO4. The number of amides is 2. The van der Waals surface area contributed by atoms with E-state index in [9.17, 15) is 14.4 Å². The van der Waals surface area contributed by atoms with Crippen molar-refractivity contribution in [3.63, 3.8) is 0 Å². The van der Waals surface area contributed by atoms with Crippen molar-refractivity contribution in [2.75, 3.05) is 4.90 Å². The molecule has 1 aromatic rings. The van der Waals surface area contributed by atoms with Crippen molar-refractivity contribution in [2.45, 2.75) is 26.2 Å². The summed E-state index contributed by atoms with van der Waals surface area (Å²) in [7, 11) is 0. The highest BCUT2D eigenvalue weighted by Crippen LogP contribution is 2.42. The van der Waals surface area contributed by atoms with Crippen molar-refractivity contribution in [1.82, 2.24) is 0 Å². The Labute approximate surface area is 122 Å². The summed E-state index contributed by atoms with van der Waals surface area (Å²) in [5, 5.41) is 8.90. The van der Waals surface area contributed by atoms with Crippen molar-refractivity contribution < 1.29 is 19.5 Å². The summed E-state index contributed by atoms with van der Waals surface area (Å²) in [5.41, 5.74) is 0.612. The molecule has 1 aliphatic carbocycles. The van der Waals surface area contributed by atoms with Gasteiger partial charge >= 0.3 is 5.97 Å². The number of rotatable bonds is 2. The molecule has 1 heterocycles. The SMILES string of the molecule is C[C@@H]1CC[C@@H]2C(=O)N(c3ccc(C(=O)O)cc3)C(=O)[C@H]2C1. The van der Waals surface area contributed by atoms with Gasteiger partial charge in [-0.15, -0.1) is 0 Å². The molecule has 2 fully saturated rings. The third-order valence-electron chi connectivity index (χ3n) is 4.56. The van der Waals surface area contributed by atoms with E-state index in [-0.39, 0.29) is 29.2 Å². The van der Waals surface area contributed by atoms with Gasteiger partial charge in [-0.25, -0.2) is 4.79 Å². The van der Waals surface area contributed by atoms with Crippen LogP contribution in [0.3, 0.4) is 0 Å². The Hall–Kier alpha value is -2.17. The van der Waals surface area contributed by atoms with Crippen LogP contribution >= 0.6 is 0 Å². The van der Waals surface area contributed by atoms with Gasteiger partial charge in [-0.3, -0.25) is 14.5 Å². The smallest absolute Gasteiger partial charge is 0.335 e. The average molecular weight is 287 g/mol. The van der Waals surface area contributed by atoms with Crippen LogP contribution < -0.4 is 4.90 Å². The molecule has 0 bridgehead atoms. The number of fused-ring (bicyclic) bond motifs is 1. The lowest BCUT2D eigenvalue weighted by Crippen LogP contribution is -2.30. The first-order valence-electron chi connectivity index (χ1n) is 7.20. The van der Waals surface area contributed by atoms with Crippen LogP contribution in [0.4, 0.5) is 5.69 Å². The maximum Gasteiger partial charge on any atom is 0.335 e. The molecule has 3 atom stereocenters. The Bertz CT molecular complexity index is 607. The Morgan fingerprint density at radius 3 is 2.33 bits per heavy atom. The second-order valence-electron chi connectivity index (χ2n) is 6.00. The first kappa shape index (κ1) is 13.8. The fourth-order valence-electron chi connectivity index (χ4n) is 3.40. The quantitative estimate of drug-likeness (QED) is 0.847. The van der Waals surface area contributed by atoms with Crippen LogP contribution in [-0.2, 0) is 9.59 Å². The molecule has 1 N–H and O–H groups in total. The van der Waals surface area contributed by atoms with Crippen LogP contribution in [0.1, 0.15) is 36.5 Å². The molecule has 21 heavy (non-hydrogen) atoms. The number of imide groups is 1. The van der Waals surface area contributed by atoms with E-state index in [1.807, 2.05) is 0 Å². The van der Waals surface area contributed by atoms with Crippen molar-refractivity contribution in [3.05, 3.63) is 29.8 Å². The maximum absolute atomic E-state index is 12.5. The summed E-state index contributed by atoms with van der Waals surface area (Å²) in [6.45, 7) is 2.11. The summed E-state index contributed by atoms with van der Waals surface area (Å²) < 4.78 is 0. The number of anilines is 1. The molecule has 2 aliphatic rings. The van der Waals surface area contributed by atoms with Gasteiger partial charge in [0.1, 0.15) is 0 Å². The number of carbonyl (C=O) groups is 3. The van der Waals surface area contributed by atoms with Crippen molar-refractivity contribution >= 4 is 23.5 Å². The van der Waals surface area contributed by atoms with E-state index >= 15 is 0 Å². The van der Waals surface area contributed by atoms with E-state index in [4.69, 9.17) is 5.11 Å². The fourth-order valence-corrected chi connectivity index (χ4v) is 3.40. The highest BCUT2D eigenvalue weighted by molar-refractivity contribution is 6.22. The summed E-state index contributed by atoms with van der Waals surface area (Å²) in [4.78, 5) is 37.1. The Kier molecular flexibility index (Phi) is 3.27. The van der Waals surface area contributed by atoms with Gasteiger partial charge in [0.2, 0.25) is 11.8 Å². The van der Waals surface area contributed by atoms with Gasteiger partial charge in [-0.05, 0) is 49.4 Å². The van der Waals surface area contributed by atoms with Gasteiger partial charge in [0.15, 0.2) is 0 Å². The molecule has 110 valence electrons. The normalized spacial score (nSPS) is 28.6. The highest BCUT2D eigenvalue weighted by atomic mass is 16.4. The third-order valence-corrected chi connectivity index (χ3v) is 4.56. The topological polar surface area (TPSA) is 74.7 Å². The standard InChI is InChI=1S/C16H17NO4/c1-9-2-7-12-13(8-9)15(19)17(14(12)18)11-5-3-10(4-6-11)16(20)21/h3-6,9,12-13H,2,7-8H2,1H3,(H,20,21)/t9-,12+,13+/m1/s1. The molecule has 3 rings (SSSR count). The van der Waals surface area contributed by atoms with Crippen molar-refractivity contribution in [2.24, 2.45) is 17.8 Å². The first-order valence-corrected chi connectivity index (χ1v) is 7.20. The van der Waals surface area contributed by atoms with Crippen LogP contribution in [-0.4, -0.2) is 22.9 Å². The summed E-state index contributed by atoms with van der Waals surface area (Å²) in [6.07, 6.45) is 2.51. The van der Waals surface area contributed by atoms with E-state index in [0.29, 0.717) is 11.6 Å². The minimum atomic E-state index is -1.02. The monoisotopic (exact) mass is 287 g/mol. The van der Waals surface area contributed by atoms with Crippen LogP contribution in [0.2, 0.25) is 0 Å². The van der Waals surface area contributed by atoms with Gasteiger partial charge in [0, 0.05) is 0 Å². The summed E-state index contributed by atoms with van der Waals surface area (Å²) >= 11 is 0. The Morgan fingerprint density at radius 1 is 1.10 bits per heavy atom. The molecule has 1 aliphatic heterocycles. The zero-order valence-electron chi connectivity index (χ0n) is 11.8. The van der Waals surface area contributed by atoms with Gasteiger partial charge < -0.3 is 5.11 Å². The molecule has 5 heteroatoms. The lowest BCUT2D eigenvalue weighted by Gasteiger charge is -2.25. The molecule has 0 unspecified atom stereocenters. The van der Waals surface area contributed by atoms with Gasteiger partial charge in [0.25, 0.3) is 0 Å². The van der Waals surface area contributed by atoms with Gasteiger partial charge in [-0.2, -0.15) is 0 Å². The number of hydrogen-bond acceptors (Lipinski definition) is 3. The van der Waals surface area contributed by atoms with Crippen LogP contribution in [0.25, 0.3) is 0 Å². The summed E-state index contributed by atoms with van der Waals surface area (Å²) in [5.74, 6) is -1.24. The number of carboxylic acid groups (broad SMARTS) is 1. The minimum Gasteiger partial charge on any atom is -0.478 e. The van der Waals surface area contributed by atoms with Gasteiger partial charge in [0.05, 0.1) is 23.1 Å².